The summed E-state index contributed by atoms with van der Waals surface area (Å²) in [6.45, 7) is 6.77. The maximum atomic E-state index is 12.9. The summed E-state index contributed by atoms with van der Waals surface area (Å²) in [6, 6.07) is 0. The van der Waals surface area contributed by atoms with Gasteiger partial charge >= 0.3 is 0 Å². The second kappa shape index (κ2) is 7.54. The topological polar surface area (TPSA) is 71.5 Å². The van der Waals surface area contributed by atoms with E-state index in [1.165, 1.54) is 0 Å². The molecule has 0 N–H and O–H groups in total. The molecule has 0 spiro atoms. The molecular formula is C20H24ClN5O2. The van der Waals surface area contributed by atoms with Crippen molar-refractivity contribution < 1.29 is 9.53 Å². The largest absolute Gasteiger partial charge is 0.480 e. The molecule has 1 fully saturated rings. The van der Waals surface area contributed by atoms with Gasteiger partial charge in [-0.1, -0.05) is 11.6 Å². The van der Waals surface area contributed by atoms with Gasteiger partial charge in [0.1, 0.15) is 0 Å². The Balaban J connectivity index is 1.38. The number of rotatable bonds is 4. The van der Waals surface area contributed by atoms with Gasteiger partial charge in [-0.3, -0.25) is 14.8 Å². The predicted octanol–water partition coefficient (Wildman–Crippen LogP) is 2.91. The van der Waals surface area contributed by atoms with E-state index in [-0.39, 0.29) is 5.91 Å². The summed E-state index contributed by atoms with van der Waals surface area (Å²) < 4.78 is 5.15. The first kappa shape index (κ1) is 18.9. The lowest BCUT2D eigenvalue weighted by molar-refractivity contribution is -0.132. The second-order valence-corrected chi connectivity index (χ2v) is 7.91. The van der Waals surface area contributed by atoms with E-state index in [0.717, 1.165) is 47.8 Å². The van der Waals surface area contributed by atoms with Crippen molar-refractivity contribution in [2.75, 3.05) is 25.1 Å². The molecule has 2 aromatic rings. The van der Waals surface area contributed by atoms with E-state index >= 15 is 0 Å². The highest BCUT2D eigenvalue weighted by Crippen LogP contribution is 2.32. The second-order valence-electron chi connectivity index (χ2n) is 7.54. The van der Waals surface area contributed by atoms with Gasteiger partial charge in [-0.15, -0.1) is 0 Å². The quantitative estimate of drug-likeness (QED) is 0.784. The molecule has 2 aliphatic heterocycles. The summed E-state index contributed by atoms with van der Waals surface area (Å²) in [4.78, 5) is 30.2. The van der Waals surface area contributed by atoms with E-state index < -0.39 is 0 Å². The molecule has 1 amide bonds. The average molecular weight is 402 g/mol. The van der Waals surface area contributed by atoms with E-state index in [0.29, 0.717) is 36.3 Å². The summed E-state index contributed by atoms with van der Waals surface area (Å²) in [5, 5.41) is 0.707. The Morgan fingerprint density at radius 2 is 2.11 bits per heavy atom. The molecule has 2 aromatic heterocycles. The SMILES string of the molecule is COc1cncc(N2CCC(CC(=O)N3Cc4nc(C)c(Cl)c(C)c4C3)C2)n1. The Morgan fingerprint density at radius 1 is 1.29 bits per heavy atom. The van der Waals surface area contributed by atoms with Crippen LogP contribution < -0.4 is 9.64 Å². The van der Waals surface area contributed by atoms with Crippen LogP contribution in [0, 0.1) is 19.8 Å². The summed E-state index contributed by atoms with van der Waals surface area (Å²) >= 11 is 6.33. The summed E-state index contributed by atoms with van der Waals surface area (Å²) in [7, 11) is 1.58. The molecule has 0 bridgehead atoms. The van der Waals surface area contributed by atoms with E-state index in [2.05, 4.69) is 19.9 Å². The molecule has 1 saturated heterocycles. The molecule has 7 nitrogen and oxygen atoms in total. The zero-order chi connectivity index (χ0) is 19.8. The van der Waals surface area contributed by atoms with Crippen LogP contribution in [0.1, 0.15) is 35.4 Å². The Morgan fingerprint density at radius 3 is 2.89 bits per heavy atom. The van der Waals surface area contributed by atoms with Crippen molar-refractivity contribution in [3.8, 4) is 5.88 Å². The number of carbonyl (C=O) groups is 1. The Labute approximate surface area is 169 Å². The summed E-state index contributed by atoms with van der Waals surface area (Å²) in [5.41, 5.74) is 3.96. The first-order valence-electron chi connectivity index (χ1n) is 9.49. The van der Waals surface area contributed by atoms with Crippen LogP contribution >= 0.6 is 11.6 Å². The lowest BCUT2D eigenvalue weighted by Gasteiger charge is -2.19. The van der Waals surface area contributed by atoms with Crippen LogP contribution in [0.5, 0.6) is 5.88 Å². The number of halogens is 1. The highest BCUT2D eigenvalue weighted by molar-refractivity contribution is 6.32. The molecule has 8 heteroatoms. The molecular weight excluding hydrogens is 378 g/mol. The van der Waals surface area contributed by atoms with Crippen molar-refractivity contribution in [3.05, 3.63) is 39.9 Å². The Hall–Kier alpha value is -2.41. The Bertz CT molecular complexity index is 920. The van der Waals surface area contributed by atoms with E-state index in [4.69, 9.17) is 16.3 Å². The maximum absolute atomic E-state index is 12.9. The first-order chi connectivity index (χ1) is 13.5. The highest BCUT2D eigenvalue weighted by atomic mass is 35.5. The van der Waals surface area contributed by atoms with Gasteiger partial charge in [-0.05, 0) is 37.3 Å². The molecule has 28 heavy (non-hydrogen) atoms. The number of nitrogens with zero attached hydrogens (tertiary/aromatic N) is 5. The molecule has 0 aliphatic carbocycles. The molecule has 2 aliphatic rings. The number of hydrogen-bond acceptors (Lipinski definition) is 6. The fraction of sp³-hybridized carbons (Fsp3) is 0.500. The number of pyridine rings is 1. The van der Waals surface area contributed by atoms with Gasteiger partial charge < -0.3 is 14.5 Å². The van der Waals surface area contributed by atoms with Gasteiger partial charge in [0.05, 0.1) is 42.5 Å². The number of methoxy groups -OCH3 is 1. The van der Waals surface area contributed by atoms with Crippen molar-refractivity contribution in [3.63, 3.8) is 0 Å². The minimum atomic E-state index is 0.176. The number of aryl methyl sites for hydroxylation is 1. The van der Waals surface area contributed by atoms with Crippen molar-refractivity contribution >= 4 is 23.3 Å². The third-order valence-electron chi connectivity index (χ3n) is 5.67. The van der Waals surface area contributed by atoms with Crippen LogP contribution in [0.3, 0.4) is 0 Å². The molecule has 0 saturated carbocycles. The number of hydrogen-bond donors (Lipinski definition) is 0. The number of anilines is 1. The number of aromatic nitrogens is 3. The smallest absolute Gasteiger partial charge is 0.233 e. The lowest BCUT2D eigenvalue weighted by Crippen LogP contribution is -2.28. The number of carbonyl (C=O) groups excluding carboxylic acids is 1. The molecule has 148 valence electrons. The minimum absolute atomic E-state index is 0.176. The zero-order valence-corrected chi connectivity index (χ0v) is 17.2. The van der Waals surface area contributed by atoms with Crippen LogP contribution in [-0.2, 0) is 17.9 Å². The van der Waals surface area contributed by atoms with Gasteiger partial charge in [0.25, 0.3) is 0 Å². The number of ether oxygens (including phenoxy) is 1. The summed E-state index contributed by atoms with van der Waals surface area (Å²) in [6.07, 6.45) is 4.83. The van der Waals surface area contributed by atoms with Crippen LogP contribution in [-0.4, -0.2) is 46.0 Å². The van der Waals surface area contributed by atoms with Crippen LogP contribution in [0.4, 0.5) is 5.82 Å². The molecule has 1 unspecified atom stereocenters. The fourth-order valence-electron chi connectivity index (χ4n) is 4.06. The van der Waals surface area contributed by atoms with Crippen LogP contribution in [0.25, 0.3) is 0 Å². The molecule has 0 aromatic carbocycles. The maximum Gasteiger partial charge on any atom is 0.233 e. The standard InChI is InChI=1S/C20H24ClN5O2/c1-12-15-10-26(11-16(15)23-13(2)20(12)21)19(27)6-14-4-5-25(9-14)17-7-22-8-18(24-17)28-3/h7-8,14H,4-6,9-11H2,1-3H3. The number of fused-ring (bicyclic) bond motifs is 1. The van der Waals surface area contributed by atoms with Gasteiger partial charge in [-0.2, -0.15) is 4.98 Å². The normalized spacial score (nSPS) is 18.5. The van der Waals surface area contributed by atoms with Gasteiger partial charge in [0, 0.05) is 26.1 Å². The van der Waals surface area contributed by atoms with E-state index in [9.17, 15) is 4.79 Å². The van der Waals surface area contributed by atoms with Gasteiger partial charge in [0.15, 0.2) is 5.82 Å². The monoisotopic (exact) mass is 401 g/mol. The average Bonchev–Trinajstić information content (AvgIpc) is 3.33. The van der Waals surface area contributed by atoms with Gasteiger partial charge in [-0.25, -0.2) is 0 Å². The molecule has 1 atom stereocenters. The van der Waals surface area contributed by atoms with Crippen molar-refractivity contribution in [2.45, 2.75) is 39.8 Å². The van der Waals surface area contributed by atoms with Crippen molar-refractivity contribution in [1.29, 1.82) is 0 Å². The lowest BCUT2D eigenvalue weighted by atomic mass is 10.0. The minimum Gasteiger partial charge on any atom is -0.480 e. The predicted molar refractivity (Wildman–Crippen MR) is 106 cm³/mol. The third-order valence-corrected chi connectivity index (χ3v) is 6.23. The van der Waals surface area contributed by atoms with Crippen molar-refractivity contribution in [2.24, 2.45) is 5.92 Å². The number of amides is 1. The third kappa shape index (κ3) is 3.51. The van der Waals surface area contributed by atoms with E-state index in [1.54, 1.807) is 19.5 Å². The highest BCUT2D eigenvalue weighted by Gasteiger charge is 2.31. The van der Waals surface area contributed by atoms with E-state index in [1.807, 2.05) is 18.7 Å². The van der Waals surface area contributed by atoms with Gasteiger partial charge in [0.2, 0.25) is 11.8 Å². The molecule has 0 radical (unpaired) electrons. The Kier molecular flexibility index (Phi) is 5.10. The van der Waals surface area contributed by atoms with Crippen LogP contribution in [0.15, 0.2) is 12.4 Å². The van der Waals surface area contributed by atoms with Crippen molar-refractivity contribution in [1.82, 2.24) is 19.9 Å². The fourth-order valence-corrected chi connectivity index (χ4v) is 4.21. The zero-order valence-electron chi connectivity index (χ0n) is 16.4. The van der Waals surface area contributed by atoms with Crippen LogP contribution in [0.2, 0.25) is 5.02 Å². The molecule has 4 heterocycles. The molecule has 4 rings (SSSR count). The summed E-state index contributed by atoms with van der Waals surface area (Å²) in [5.74, 6) is 1.79. The first-order valence-corrected chi connectivity index (χ1v) is 9.87.